The summed E-state index contributed by atoms with van der Waals surface area (Å²) in [7, 11) is 0. The van der Waals surface area contributed by atoms with E-state index in [4.69, 9.17) is 10.5 Å². The average molecular weight is 207 g/mol. The highest BCUT2D eigenvalue weighted by molar-refractivity contribution is 5.27. The minimum Gasteiger partial charge on any atom is -0.492 e. The summed E-state index contributed by atoms with van der Waals surface area (Å²) in [5.74, 6) is 0.898. The maximum atomic E-state index is 6.01. The van der Waals surface area contributed by atoms with Crippen LogP contribution in [0.5, 0.6) is 5.75 Å². The summed E-state index contributed by atoms with van der Waals surface area (Å²) < 4.78 is 5.65. The molecule has 0 aliphatic heterocycles. The van der Waals surface area contributed by atoms with E-state index in [9.17, 15) is 0 Å². The van der Waals surface area contributed by atoms with Gasteiger partial charge in [-0.25, -0.2) is 0 Å². The second kappa shape index (κ2) is 4.67. The molecule has 0 aliphatic carbocycles. The molecule has 0 amide bonds. The Labute approximate surface area is 92.4 Å². The normalized spacial score (nSPS) is 13.7. The molecule has 1 aromatic rings. The average Bonchev–Trinajstić information content (AvgIpc) is 2.12. The number of hydrogen-bond acceptors (Lipinski definition) is 2. The third kappa shape index (κ3) is 3.92. The molecule has 1 atom stereocenters. The number of rotatable bonds is 3. The standard InChI is InChI=1S/C13H21NO/c1-10-6-5-7-11(8-10)15-9-12(14)13(2,3)4/h5-8,12H,9,14H2,1-4H3. The first-order chi connectivity index (χ1) is 6.89. The lowest BCUT2D eigenvalue weighted by Crippen LogP contribution is -2.40. The summed E-state index contributed by atoms with van der Waals surface area (Å²) in [6, 6.07) is 8.08. The maximum absolute atomic E-state index is 6.01. The fourth-order valence-corrected chi connectivity index (χ4v) is 1.14. The quantitative estimate of drug-likeness (QED) is 0.827. The molecule has 2 heteroatoms. The van der Waals surface area contributed by atoms with Crippen LogP contribution in [0.2, 0.25) is 0 Å². The van der Waals surface area contributed by atoms with Gasteiger partial charge in [-0.15, -0.1) is 0 Å². The molecule has 0 saturated carbocycles. The zero-order valence-electron chi connectivity index (χ0n) is 10.1. The molecular weight excluding hydrogens is 186 g/mol. The van der Waals surface area contributed by atoms with Gasteiger partial charge in [0.1, 0.15) is 12.4 Å². The van der Waals surface area contributed by atoms with Crippen molar-refractivity contribution in [2.24, 2.45) is 11.1 Å². The minimum absolute atomic E-state index is 0.0537. The first-order valence-electron chi connectivity index (χ1n) is 5.34. The van der Waals surface area contributed by atoms with E-state index in [0.29, 0.717) is 6.61 Å². The molecule has 1 aromatic carbocycles. The van der Waals surface area contributed by atoms with Crippen LogP contribution in [0, 0.1) is 12.3 Å². The highest BCUT2D eigenvalue weighted by Gasteiger charge is 2.20. The molecule has 0 spiro atoms. The van der Waals surface area contributed by atoms with Crippen molar-refractivity contribution in [1.82, 2.24) is 0 Å². The summed E-state index contributed by atoms with van der Waals surface area (Å²) in [6.45, 7) is 8.98. The molecule has 15 heavy (non-hydrogen) atoms. The smallest absolute Gasteiger partial charge is 0.119 e. The van der Waals surface area contributed by atoms with Gasteiger partial charge in [-0.1, -0.05) is 32.9 Å². The number of benzene rings is 1. The molecule has 2 nitrogen and oxygen atoms in total. The van der Waals surface area contributed by atoms with Crippen molar-refractivity contribution < 1.29 is 4.74 Å². The fraction of sp³-hybridized carbons (Fsp3) is 0.538. The van der Waals surface area contributed by atoms with E-state index in [0.717, 1.165) is 5.75 Å². The van der Waals surface area contributed by atoms with Crippen LogP contribution in [0.25, 0.3) is 0 Å². The topological polar surface area (TPSA) is 35.2 Å². The summed E-state index contributed by atoms with van der Waals surface area (Å²) in [5, 5.41) is 0. The van der Waals surface area contributed by atoms with Crippen LogP contribution in [0.4, 0.5) is 0 Å². The van der Waals surface area contributed by atoms with Crippen LogP contribution in [0.1, 0.15) is 26.3 Å². The van der Waals surface area contributed by atoms with Crippen molar-refractivity contribution in [3.8, 4) is 5.75 Å². The Morgan fingerprint density at radius 3 is 2.53 bits per heavy atom. The van der Waals surface area contributed by atoms with Crippen molar-refractivity contribution in [3.63, 3.8) is 0 Å². The molecule has 0 aromatic heterocycles. The van der Waals surface area contributed by atoms with Crippen molar-refractivity contribution in [2.75, 3.05) is 6.61 Å². The van der Waals surface area contributed by atoms with Gasteiger partial charge >= 0.3 is 0 Å². The van der Waals surface area contributed by atoms with Gasteiger partial charge in [-0.2, -0.15) is 0 Å². The van der Waals surface area contributed by atoms with Crippen LogP contribution >= 0.6 is 0 Å². The van der Waals surface area contributed by atoms with Crippen LogP contribution in [0.15, 0.2) is 24.3 Å². The second-order valence-electron chi connectivity index (χ2n) is 5.10. The molecule has 1 unspecified atom stereocenters. The van der Waals surface area contributed by atoms with Crippen LogP contribution in [0.3, 0.4) is 0 Å². The van der Waals surface area contributed by atoms with E-state index in [2.05, 4.69) is 33.8 Å². The Hall–Kier alpha value is -1.02. The summed E-state index contributed by atoms with van der Waals surface area (Å²) in [6.07, 6.45) is 0. The predicted molar refractivity (Wildman–Crippen MR) is 64.1 cm³/mol. The predicted octanol–water partition coefficient (Wildman–Crippen LogP) is 2.75. The van der Waals surface area contributed by atoms with E-state index >= 15 is 0 Å². The van der Waals surface area contributed by atoms with Gasteiger partial charge < -0.3 is 10.5 Å². The fourth-order valence-electron chi connectivity index (χ4n) is 1.14. The van der Waals surface area contributed by atoms with E-state index in [1.54, 1.807) is 0 Å². The molecule has 84 valence electrons. The molecule has 0 aliphatic rings. The Balaban J connectivity index is 2.51. The SMILES string of the molecule is Cc1cccc(OCC(N)C(C)(C)C)c1. The largest absolute Gasteiger partial charge is 0.492 e. The number of ether oxygens (including phenoxy) is 1. The van der Waals surface area contributed by atoms with Gasteiger partial charge in [0.25, 0.3) is 0 Å². The molecule has 0 heterocycles. The van der Waals surface area contributed by atoms with Crippen molar-refractivity contribution in [2.45, 2.75) is 33.7 Å². The molecule has 2 N–H and O–H groups in total. The van der Waals surface area contributed by atoms with Gasteiger partial charge in [-0.05, 0) is 30.0 Å². The van der Waals surface area contributed by atoms with Crippen molar-refractivity contribution in [3.05, 3.63) is 29.8 Å². The van der Waals surface area contributed by atoms with E-state index < -0.39 is 0 Å². The molecule has 0 radical (unpaired) electrons. The minimum atomic E-state index is 0.0537. The highest BCUT2D eigenvalue weighted by atomic mass is 16.5. The molecular formula is C13H21NO. The van der Waals surface area contributed by atoms with Crippen molar-refractivity contribution in [1.29, 1.82) is 0 Å². The second-order valence-corrected chi connectivity index (χ2v) is 5.10. The lowest BCUT2D eigenvalue weighted by Gasteiger charge is -2.26. The number of aryl methyl sites for hydroxylation is 1. The van der Waals surface area contributed by atoms with E-state index in [1.165, 1.54) is 5.56 Å². The highest BCUT2D eigenvalue weighted by Crippen LogP contribution is 2.19. The first kappa shape index (κ1) is 12.1. The Kier molecular flexibility index (Phi) is 3.75. The van der Waals surface area contributed by atoms with Crippen LogP contribution in [-0.4, -0.2) is 12.6 Å². The zero-order valence-corrected chi connectivity index (χ0v) is 10.1. The van der Waals surface area contributed by atoms with E-state index in [-0.39, 0.29) is 11.5 Å². The van der Waals surface area contributed by atoms with Gasteiger partial charge in [0.05, 0.1) is 0 Å². The Bertz CT molecular complexity index is 315. The molecule has 0 fully saturated rings. The molecule has 0 saturated heterocycles. The summed E-state index contributed by atoms with van der Waals surface area (Å²) >= 11 is 0. The molecule has 1 rings (SSSR count). The van der Waals surface area contributed by atoms with Gasteiger partial charge in [0, 0.05) is 6.04 Å². The lowest BCUT2D eigenvalue weighted by molar-refractivity contribution is 0.205. The van der Waals surface area contributed by atoms with Crippen LogP contribution in [-0.2, 0) is 0 Å². The van der Waals surface area contributed by atoms with E-state index in [1.807, 2.05) is 18.2 Å². The maximum Gasteiger partial charge on any atom is 0.119 e. The van der Waals surface area contributed by atoms with Gasteiger partial charge in [0.2, 0.25) is 0 Å². The third-order valence-electron chi connectivity index (χ3n) is 2.53. The summed E-state index contributed by atoms with van der Waals surface area (Å²) in [5.41, 5.74) is 7.30. The number of nitrogens with two attached hydrogens (primary N) is 1. The Morgan fingerprint density at radius 2 is 2.00 bits per heavy atom. The van der Waals surface area contributed by atoms with Crippen molar-refractivity contribution >= 4 is 0 Å². The molecule has 0 bridgehead atoms. The third-order valence-corrected chi connectivity index (χ3v) is 2.53. The first-order valence-corrected chi connectivity index (χ1v) is 5.34. The number of hydrogen-bond donors (Lipinski definition) is 1. The summed E-state index contributed by atoms with van der Waals surface area (Å²) in [4.78, 5) is 0. The monoisotopic (exact) mass is 207 g/mol. The lowest BCUT2D eigenvalue weighted by atomic mass is 9.88. The zero-order chi connectivity index (χ0) is 11.5. The Morgan fingerprint density at radius 1 is 1.33 bits per heavy atom. The van der Waals surface area contributed by atoms with Gasteiger partial charge in [-0.3, -0.25) is 0 Å². The van der Waals surface area contributed by atoms with Gasteiger partial charge in [0.15, 0.2) is 0 Å². The van der Waals surface area contributed by atoms with Crippen LogP contribution < -0.4 is 10.5 Å².